The van der Waals surface area contributed by atoms with E-state index in [1.807, 2.05) is 5.38 Å². The average molecular weight is 249 g/mol. The largest absolute Gasteiger partial charge is 0.352 e. The lowest BCUT2D eigenvalue weighted by Crippen LogP contribution is -2.26. The summed E-state index contributed by atoms with van der Waals surface area (Å²) in [4.78, 5) is 29.0. The van der Waals surface area contributed by atoms with Crippen LogP contribution in [0.25, 0.3) is 0 Å². The van der Waals surface area contributed by atoms with Gasteiger partial charge in [0.05, 0.1) is 10.6 Å². The summed E-state index contributed by atoms with van der Waals surface area (Å²) in [6.07, 6.45) is 3.86. The molecule has 2 N–H and O–H groups in total. The van der Waals surface area contributed by atoms with Crippen molar-refractivity contribution in [3.8, 4) is 0 Å². The predicted octanol–water partition coefficient (Wildman–Crippen LogP) is 0.804. The van der Waals surface area contributed by atoms with Crippen LogP contribution in [0.3, 0.4) is 0 Å². The molecule has 0 saturated carbocycles. The number of thiazole rings is 1. The molecule has 0 spiro atoms. The maximum absolute atomic E-state index is 11.6. The quantitative estimate of drug-likeness (QED) is 0.841. The first kappa shape index (κ1) is 11.5. The highest BCUT2D eigenvalue weighted by atomic mass is 32.1. The molecule has 0 unspecified atom stereocenters. The zero-order chi connectivity index (χ0) is 12.1. The van der Waals surface area contributed by atoms with Crippen LogP contribution in [-0.4, -0.2) is 22.4 Å². The lowest BCUT2D eigenvalue weighted by Gasteiger charge is -2.03. The van der Waals surface area contributed by atoms with Crippen LogP contribution in [0.1, 0.15) is 15.4 Å². The first-order valence-electron chi connectivity index (χ1n) is 5.11. The number of hydrogen-bond donors (Lipinski definition) is 2. The van der Waals surface area contributed by atoms with Gasteiger partial charge in [0, 0.05) is 36.8 Å². The molecule has 88 valence electrons. The molecule has 0 fully saturated rings. The van der Waals surface area contributed by atoms with Gasteiger partial charge in [0.15, 0.2) is 0 Å². The van der Waals surface area contributed by atoms with Gasteiger partial charge in [-0.05, 0) is 6.07 Å². The van der Waals surface area contributed by atoms with E-state index >= 15 is 0 Å². The molecule has 0 aromatic carbocycles. The molecule has 0 bridgehead atoms. The van der Waals surface area contributed by atoms with Gasteiger partial charge in [0.2, 0.25) is 5.56 Å². The number of pyridine rings is 1. The van der Waals surface area contributed by atoms with Gasteiger partial charge in [0.25, 0.3) is 5.91 Å². The van der Waals surface area contributed by atoms with Crippen molar-refractivity contribution in [1.29, 1.82) is 0 Å². The van der Waals surface area contributed by atoms with E-state index in [9.17, 15) is 9.59 Å². The molecule has 0 radical (unpaired) electrons. The minimum Gasteiger partial charge on any atom is -0.352 e. The van der Waals surface area contributed by atoms with Crippen LogP contribution >= 0.6 is 11.3 Å². The maximum atomic E-state index is 11.6. The summed E-state index contributed by atoms with van der Waals surface area (Å²) in [5.41, 5.74) is 0.230. The number of nitrogens with one attached hydrogen (secondary N) is 2. The number of H-pyrrole nitrogens is 1. The molecule has 0 atom stereocenters. The number of carbonyl (C=O) groups is 1. The molecule has 2 rings (SSSR count). The number of aromatic amines is 1. The van der Waals surface area contributed by atoms with E-state index in [4.69, 9.17) is 0 Å². The van der Waals surface area contributed by atoms with Crippen molar-refractivity contribution < 1.29 is 4.79 Å². The summed E-state index contributed by atoms with van der Waals surface area (Å²) in [5, 5.41) is 5.66. The van der Waals surface area contributed by atoms with Gasteiger partial charge in [-0.2, -0.15) is 0 Å². The highest BCUT2D eigenvalue weighted by Crippen LogP contribution is 2.03. The highest BCUT2D eigenvalue weighted by Gasteiger charge is 2.04. The van der Waals surface area contributed by atoms with Crippen LogP contribution in [0.5, 0.6) is 0 Å². The number of aromatic nitrogens is 2. The van der Waals surface area contributed by atoms with Crippen LogP contribution in [0.2, 0.25) is 0 Å². The van der Waals surface area contributed by atoms with Crippen LogP contribution in [-0.2, 0) is 6.42 Å². The molecule has 1 amide bonds. The fraction of sp³-hybridized carbons (Fsp3) is 0.182. The van der Waals surface area contributed by atoms with Gasteiger partial charge < -0.3 is 10.3 Å². The Bertz CT molecular complexity index is 528. The Hall–Kier alpha value is -1.95. The lowest BCUT2D eigenvalue weighted by atomic mass is 10.2. The summed E-state index contributed by atoms with van der Waals surface area (Å²) in [7, 11) is 0. The molecule has 0 aliphatic carbocycles. The SMILES string of the molecule is O=C(NCCc1nccs1)c1ccc(=O)[nH]c1. The Kier molecular flexibility index (Phi) is 3.66. The predicted molar refractivity (Wildman–Crippen MR) is 65.2 cm³/mol. The van der Waals surface area contributed by atoms with E-state index in [2.05, 4.69) is 15.3 Å². The smallest absolute Gasteiger partial charge is 0.252 e. The van der Waals surface area contributed by atoms with Crippen molar-refractivity contribution in [1.82, 2.24) is 15.3 Å². The zero-order valence-corrected chi connectivity index (χ0v) is 9.79. The second-order valence-corrected chi connectivity index (χ2v) is 4.35. The van der Waals surface area contributed by atoms with E-state index in [0.717, 1.165) is 5.01 Å². The third-order valence-corrected chi connectivity index (χ3v) is 2.99. The molecule has 0 aliphatic heterocycles. The number of carbonyl (C=O) groups excluding carboxylic acids is 1. The van der Waals surface area contributed by atoms with Crippen LogP contribution in [0.15, 0.2) is 34.7 Å². The Balaban J connectivity index is 1.85. The standard InChI is InChI=1S/C11H11N3O2S/c15-9-2-1-8(7-14-9)11(16)13-4-3-10-12-5-6-17-10/h1-2,5-7H,3-4H2,(H,13,16)(H,14,15). The monoisotopic (exact) mass is 249 g/mol. The second-order valence-electron chi connectivity index (χ2n) is 3.37. The maximum Gasteiger partial charge on any atom is 0.252 e. The van der Waals surface area contributed by atoms with Gasteiger partial charge in [-0.3, -0.25) is 9.59 Å². The van der Waals surface area contributed by atoms with Crippen molar-refractivity contribution in [3.05, 3.63) is 50.8 Å². The van der Waals surface area contributed by atoms with Crippen molar-refractivity contribution in [3.63, 3.8) is 0 Å². The van der Waals surface area contributed by atoms with Gasteiger partial charge in [-0.15, -0.1) is 11.3 Å². The number of hydrogen-bond acceptors (Lipinski definition) is 4. The van der Waals surface area contributed by atoms with E-state index in [0.29, 0.717) is 18.5 Å². The van der Waals surface area contributed by atoms with Crippen molar-refractivity contribution >= 4 is 17.2 Å². The third kappa shape index (κ3) is 3.25. The molecule has 0 aliphatic rings. The summed E-state index contributed by atoms with van der Waals surface area (Å²) >= 11 is 1.56. The van der Waals surface area contributed by atoms with Crippen LogP contribution in [0, 0.1) is 0 Å². The Labute approximate surface area is 102 Å². The summed E-state index contributed by atoms with van der Waals surface area (Å²) < 4.78 is 0. The Morgan fingerprint density at radius 3 is 3.00 bits per heavy atom. The van der Waals surface area contributed by atoms with Crippen molar-refractivity contribution in [2.75, 3.05) is 6.54 Å². The van der Waals surface area contributed by atoms with Crippen molar-refractivity contribution in [2.45, 2.75) is 6.42 Å². The van der Waals surface area contributed by atoms with Crippen LogP contribution < -0.4 is 10.9 Å². The summed E-state index contributed by atoms with van der Waals surface area (Å²) in [6.45, 7) is 0.533. The van der Waals surface area contributed by atoms with Crippen LogP contribution in [0.4, 0.5) is 0 Å². The Morgan fingerprint density at radius 1 is 1.47 bits per heavy atom. The van der Waals surface area contributed by atoms with Gasteiger partial charge >= 0.3 is 0 Å². The Morgan fingerprint density at radius 2 is 2.35 bits per heavy atom. The fourth-order valence-electron chi connectivity index (χ4n) is 1.31. The molecular formula is C11H11N3O2S. The number of nitrogens with zero attached hydrogens (tertiary/aromatic N) is 1. The fourth-order valence-corrected chi connectivity index (χ4v) is 1.93. The van der Waals surface area contributed by atoms with E-state index in [-0.39, 0.29) is 11.5 Å². The van der Waals surface area contributed by atoms with E-state index in [1.54, 1.807) is 17.5 Å². The van der Waals surface area contributed by atoms with Crippen molar-refractivity contribution in [2.24, 2.45) is 0 Å². The minimum absolute atomic E-state index is 0.196. The summed E-state index contributed by atoms with van der Waals surface area (Å²) in [6, 6.07) is 2.83. The molecule has 17 heavy (non-hydrogen) atoms. The number of amides is 1. The first-order chi connectivity index (χ1) is 8.25. The topological polar surface area (TPSA) is 74.8 Å². The highest BCUT2D eigenvalue weighted by molar-refractivity contribution is 7.09. The van der Waals surface area contributed by atoms with E-state index < -0.39 is 0 Å². The minimum atomic E-state index is -0.218. The normalized spacial score (nSPS) is 10.1. The number of rotatable bonds is 4. The second kappa shape index (κ2) is 5.40. The lowest BCUT2D eigenvalue weighted by molar-refractivity contribution is 0.0954. The zero-order valence-electron chi connectivity index (χ0n) is 8.97. The van der Waals surface area contributed by atoms with Gasteiger partial charge in [-0.25, -0.2) is 4.98 Å². The molecule has 5 nitrogen and oxygen atoms in total. The molecule has 2 aromatic heterocycles. The van der Waals surface area contributed by atoms with Gasteiger partial charge in [0.1, 0.15) is 0 Å². The van der Waals surface area contributed by atoms with E-state index in [1.165, 1.54) is 18.3 Å². The van der Waals surface area contributed by atoms with Gasteiger partial charge in [-0.1, -0.05) is 0 Å². The molecule has 6 heteroatoms. The summed E-state index contributed by atoms with van der Waals surface area (Å²) in [5.74, 6) is -0.196. The average Bonchev–Trinajstić information content (AvgIpc) is 2.83. The molecule has 2 heterocycles. The first-order valence-corrected chi connectivity index (χ1v) is 5.99. The molecule has 0 saturated heterocycles. The molecular weight excluding hydrogens is 238 g/mol. The molecule has 2 aromatic rings. The third-order valence-electron chi connectivity index (χ3n) is 2.15.